The Morgan fingerprint density at radius 1 is 1.04 bits per heavy atom. The molecule has 0 radical (unpaired) electrons. The molecule has 2 fully saturated rings. The van der Waals surface area contributed by atoms with Crippen LogP contribution in [0.25, 0.3) is 5.76 Å². The smallest absolute Gasteiger partial charge is 0.336 e. The first-order valence-corrected chi connectivity index (χ1v) is 22.0. The molecule has 1 saturated carbocycles. The lowest BCUT2D eigenvalue weighted by Crippen LogP contribution is -2.78. The summed E-state index contributed by atoms with van der Waals surface area (Å²) in [7, 11) is 0. The normalized spacial score (nSPS) is 32.1. The van der Waals surface area contributed by atoms with Gasteiger partial charge in [0.2, 0.25) is 12.0 Å². The van der Waals surface area contributed by atoms with Crippen LogP contribution in [0.4, 0.5) is 0 Å². The molecule has 19 nitrogen and oxygen atoms in total. The Morgan fingerprint density at radius 2 is 1.84 bits per heavy atom. The van der Waals surface area contributed by atoms with Gasteiger partial charge >= 0.3 is 11.8 Å². The van der Waals surface area contributed by atoms with Crippen molar-refractivity contribution in [2.45, 2.75) is 92.1 Å². The zero-order valence-corrected chi connectivity index (χ0v) is 35.8. The number of aliphatic imine (C=N–C) groups is 3. The summed E-state index contributed by atoms with van der Waals surface area (Å²) in [6.07, 6.45) is 2.13. The molecule has 4 aliphatic heterocycles. The molecule has 3 aromatic carbocycles. The lowest BCUT2D eigenvalue weighted by atomic mass is 9.64. The van der Waals surface area contributed by atoms with Crippen LogP contribution in [0, 0.1) is 11.8 Å². The van der Waals surface area contributed by atoms with E-state index in [1.54, 1.807) is 36.4 Å². The van der Waals surface area contributed by atoms with Gasteiger partial charge in [0, 0.05) is 35.3 Å². The highest BCUT2D eigenvalue weighted by Gasteiger charge is 2.70. The van der Waals surface area contributed by atoms with Crippen LogP contribution < -0.4 is 24.4 Å². The number of carboxylic acids is 1. The predicted octanol–water partition coefficient (Wildman–Crippen LogP) is 1.49. The van der Waals surface area contributed by atoms with E-state index in [2.05, 4.69) is 15.0 Å². The average Bonchev–Trinajstić information content (AvgIpc) is 4.08. The Hall–Kier alpha value is -6.61. The molecule has 4 heterocycles. The highest BCUT2D eigenvalue weighted by Crippen LogP contribution is 2.59. The van der Waals surface area contributed by atoms with Gasteiger partial charge < -0.3 is 69.6 Å². The van der Waals surface area contributed by atoms with E-state index in [4.69, 9.17) is 29.1 Å². The number of benzene rings is 3. The predicted molar refractivity (Wildman–Crippen MR) is 236 cm³/mol. The minimum Gasteiger partial charge on any atom is -0.508 e. The molecule has 3 aromatic rings. The number of aliphatic carboxylic acids is 1. The molecular weight excluding hydrogens is 873 g/mol. The third kappa shape index (κ3) is 7.15. The zero-order chi connectivity index (χ0) is 47.0. The average molecular weight is 922 g/mol. The molecule has 2 bridgehead atoms. The van der Waals surface area contributed by atoms with E-state index in [0.29, 0.717) is 36.0 Å². The number of amidine groups is 1. The molecule has 7 aliphatic rings. The summed E-state index contributed by atoms with van der Waals surface area (Å²) in [5, 5.41) is 108. The molecule has 1 unspecified atom stereocenters. The van der Waals surface area contributed by atoms with Crippen LogP contribution in [0.15, 0.2) is 93.9 Å². The minimum atomic E-state index is -2.65. The Morgan fingerprint density at radius 3 is 2.55 bits per heavy atom. The van der Waals surface area contributed by atoms with Gasteiger partial charge in [0.15, 0.2) is 41.1 Å². The molecule has 1 saturated heterocycles. The van der Waals surface area contributed by atoms with E-state index in [1.807, 2.05) is 6.07 Å². The third-order valence-electron chi connectivity index (χ3n) is 14.0. The number of carbonyl (C=O) groups is 1. The lowest BCUT2D eigenvalue weighted by Gasteiger charge is -2.55. The SMILES string of the molecule is [NH2+]=C1C=CC([C@@H](O)[C@H](CO)Oc2ccc(C3C=C(O)c4c(cc(O[C@@H]5O[C@H](C(=O)O)[C@]6(O)[C@@H](C7=NC=NC7)C=C[C@@]5(O)[C@@H]6O)c(O[C@]56CCC[C@H]5CCCc5c(O)cccc56)c4O)O3)cc2)=N1. The van der Waals surface area contributed by atoms with E-state index in [9.17, 15) is 50.8 Å². The zero-order valence-electron chi connectivity index (χ0n) is 35.8. The van der Waals surface area contributed by atoms with Gasteiger partial charge in [-0.2, -0.15) is 0 Å². The quantitative estimate of drug-likeness (QED) is 0.115. The van der Waals surface area contributed by atoms with E-state index in [1.165, 1.54) is 36.7 Å². The van der Waals surface area contributed by atoms with Crippen molar-refractivity contribution in [3.05, 3.63) is 101 Å². The first-order chi connectivity index (χ1) is 32.2. The molecule has 350 valence electrons. The van der Waals surface area contributed by atoms with E-state index >= 15 is 0 Å². The number of nitrogens with zero attached hydrogens (tertiary/aromatic N) is 3. The highest BCUT2D eigenvalue weighted by atomic mass is 16.7. The Labute approximate surface area is 382 Å². The highest BCUT2D eigenvalue weighted by molar-refractivity contribution is 6.15. The maximum atomic E-state index is 12.9. The molecule has 0 amide bonds. The molecule has 11 atom stereocenters. The van der Waals surface area contributed by atoms with Crippen molar-refractivity contribution in [3.8, 4) is 34.5 Å². The van der Waals surface area contributed by atoms with Crippen molar-refractivity contribution in [1.82, 2.24) is 0 Å². The topological polar surface area (TPSA) is 308 Å². The maximum absolute atomic E-state index is 12.9. The van der Waals surface area contributed by atoms with Gasteiger partial charge in [-0.15, -0.1) is 0 Å². The number of fused-ring (bicyclic) bond motifs is 6. The maximum Gasteiger partial charge on any atom is 0.336 e. The van der Waals surface area contributed by atoms with E-state index < -0.39 is 83.6 Å². The van der Waals surface area contributed by atoms with Crippen molar-refractivity contribution in [3.63, 3.8) is 0 Å². The monoisotopic (exact) mass is 921 g/mol. The lowest BCUT2D eigenvalue weighted by molar-refractivity contribution is -0.337. The molecule has 11 N–H and O–H groups in total. The number of hydrogen-bond donors (Lipinski definition) is 10. The molecule has 19 heteroatoms. The number of aliphatic hydroxyl groups is 6. The van der Waals surface area contributed by atoms with Crippen molar-refractivity contribution >= 4 is 35.3 Å². The summed E-state index contributed by atoms with van der Waals surface area (Å²) in [6.45, 7) is -0.543. The minimum absolute atomic E-state index is 0.00577. The van der Waals surface area contributed by atoms with Gasteiger partial charge in [-0.05, 0) is 79.4 Å². The van der Waals surface area contributed by atoms with Crippen molar-refractivity contribution in [2.24, 2.45) is 26.8 Å². The molecule has 0 aromatic heterocycles. The summed E-state index contributed by atoms with van der Waals surface area (Å²) in [6, 6.07) is 12.8. The number of phenols is 2. The number of ether oxygens (including phenoxy) is 5. The van der Waals surface area contributed by atoms with Crippen LogP contribution in [-0.4, -0.2) is 131 Å². The molecular formula is C48H49N4O15+. The third-order valence-corrected chi connectivity index (χ3v) is 14.0. The Bertz CT molecular complexity index is 2720. The van der Waals surface area contributed by atoms with Crippen LogP contribution in [0.1, 0.15) is 60.5 Å². The van der Waals surface area contributed by atoms with Crippen molar-refractivity contribution in [1.29, 1.82) is 0 Å². The summed E-state index contributed by atoms with van der Waals surface area (Å²) in [4.78, 5) is 25.1. The number of nitrogens with two attached hydrogens (primary N) is 1. The second kappa shape index (κ2) is 16.6. The second-order valence-electron chi connectivity index (χ2n) is 17.8. The van der Waals surface area contributed by atoms with Gasteiger partial charge in [-0.25, -0.2) is 9.79 Å². The van der Waals surface area contributed by atoms with Crippen LogP contribution in [0.3, 0.4) is 0 Å². The first kappa shape index (κ1) is 44.2. The Balaban J connectivity index is 1.03. The summed E-state index contributed by atoms with van der Waals surface area (Å²) < 4.78 is 31.7. The number of hydrogen-bond acceptors (Lipinski definition) is 16. The van der Waals surface area contributed by atoms with Crippen LogP contribution in [0.5, 0.6) is 34.5 Å². The fraction of sp³-hybridized carbons (Fsp3) is 0.396. The van der Waals surface area contributed by atoms with Gasteiger partial charge in [0.25, 0.3) is 0 Å². The Kier molecular flexibility index (Phi) is 11.0. The second-order valence-corrected chi connectivity index (χ2v) is 17.8. The van der Waals surface area contributed by atoms with Crippen LogP contribution >= 0.6 is 0 Å². The van der Waals surface area contributed by atoms with Gasteiger partial charge in [-0.1, -0.05) is 30.3 Å². The van der Waals surface area contributed by atoms with Crippen molar-refractivity contribution in [2.75, 3.05) is 13.2 Å². The standard InChI is InChI=1S/C48H48N4O15/c49-37-14-13-29(52-37)39(56)36(21-53)63-25-11-9-23(10-12-25)33-18-32(55)38-34(64-33)19-35(41(40(38)57)67-47-16-3-5-24(47)4-1-6-26-27(47)7-2-8-31(26)54)65-45-46(61)17-15-28(30-20-50-22-51-30)48(62,44(46)60)42(66-45)43(58)59/h2,7-15,17-19,22,24,28,33,36,39,42,44-45,49,53-57,60-62H,1,3-6,16,20-21H2,(H,58,59)/p+1/t24-,28-,33?,36+,39-,42-,44+,45-,46-,47-,48-/m1/s1. The first-order valence-electron chi connectivity index (χ1n) is 22.0. The van der Waals surface area contributed by atoms with Crippen LogP contribution in [-0.2, 0) is 21.6 Å². The van der Waals surface area contributed by atoms with E-state index in [0.717, 1.165) is 25.3 Å². The molecule has 0 spiro atoms. The largest absolute Gasteiger partial charge is 0.508 e. The molecule has 10 rings (SSSR count). The summed E-state index contributed by atoms with van der Waals surface area (Å²) in [5.41, 5.74) is -4.27. The summed E-state index contributed by atoms with van der Waals surface area (Å²) >= 11 is 0. The van der Waals surface area contributed by atoms with Gasteiger partial charge in [-0.3, -0.25) is 10.4 Å². The number of rotatable bonds is 12. The van der Waals surface area contributed by atoms with E-state index in [-0.39, 0.29) is 64.0 Å². The summed E-state index contributed by atoms with van der Waals surface area (Å²) in [5.74, 6) is -4.34. The van der Waals surface area contributed by atoms with Crippen LogP contribution in [0.2, 0.25) is 0 Å². The number of aliphatic hydroxyl groups excluding tert-OH is 4. The van der Waals surface area contributed by atoms with Crippen molar-refractivity contribution < 1.29 is 79.8 Å². The molecule has 67 heavy (non-hydrogen) atoms. The number of carboxylic acid groups (broad SMARTS) is 1. The molecule has 3 aliphatic carbocycles. The fourth-order valence-corrected chi connectivity index (χ4v) is 10.7. The van der Waals surface area contributed by atoms with Gasteiger partial charge in [0.1, 0.15) is 58.3 Å². The van der Waals surface area contributed by atoms with Gasteiger partial charge in [0.05, 0.1) is 24.8 Å². The number of aromatic hydroxyl groups is 2. The fourth-order valence-electron chi connectivity index (χ4n) is 10.7. The number of phenolic OH excluding ortho intramolecular Hbond substituents is 2.